The molecule has 2 heteroatoms. The molecule has 0 N–H and O–H groups in total. The molecule has 0 bridgehead atoms. The van der Waals surface area contributed by atoms with Crippen LogP contribution in [0.3, 0.4) is 0 Å². The zero-order chi connectivity index (χ0) is 19.8. The van der Waals surface area contributed by atoms with Crippen molar-refractivity contribution in [3.05, 3.63) is 29.8 Å². The highest BCUT2D eigenvalue weighted by molar-refractivity contribution is 5.29. The standard InChI is InChI=1S/C26H42O2/c1-20(2)18-21(3)23-14-16-25(17-15-23)28-26(19-22-10-6-4-7-11-22)27-24-12-8-5-9-13-24/h14-17,20-22,24,26H,4-13,18-19H2,1-3H3. The van der Waals surface area contributed by atoms with Crippen molar-refractivity contribution in [3.63, 3.8) is 0 Å². The smallest absolute Gasteiger partial charge is 0.200 e. The van der Waals surface area contributed by atoms with Gasteiger partial charge < -0.3 is 9.47 Å². The Morgan fingerprint density at radius 2 is 1.43 bits per heavy atom. The van der Waals surface area contributed by atoms with E-state index in [1.807, 2.05) is 0 Å². The highest BCUT2D eigenvalue weighted by Gasteiger charge is 2.25. The quantitative estimate of drug-likeness (QED) is 0.402. The third-order valence-corrected chi connectivity index (χ3v) is 6.69. The predicted molar refractivity (Wildman–Crippen MR) is 118 cm³/mol. The van der Waals surface area contributed by atoms with Crippen molar-refractivity contribution in [2.75, 3.05) is 0 Å². The van der Waals surface area contributed by atoms with E-state index in [-0.39, 0.29) is 6.29 Å². The molecule has 2 aliphatic rings. The van der Waals surface area contributed by atoms with Gasteiger partial charge in [0, 0.05) is 6.42 Å². The maximum Gasteiger partial charge on any atom is 0.200 e. The summed E-state index contributed by atoms with van der Waals surface area (Å²) in [4.78, 5) is 0. The third-order valence-electron chi connectivity index (χ3n) is 6.69. The van der Waals surface area contributed by atoms with E-state index in [9.17, 15) is 0 Å². The van der Waals surface area contributed by atoms with Crippen LogP contribution in [0, 0.1) is 11.8 Å². The van der Waals surface area contributed by atoms with E-state index in [1.54, 1.807) is 0 Å². The van der Waals surface area contributed by atoms with Crippen LogP contribution in [-0.2, 0) is 4.74 Å². The number of hydrogen-bond donors (Lipinski definition) is 0. The Labute approximate surface area is 173 Å². The van der Waals surface area contributed by atoms with Gasteiger partial charge in [-0.1, -0.05) is 84.3 Å². The van der Waals surface area contributed by atoms with E-state index >= 15 is 0 Å². The first kappa shape index (κ1) is 21.7. The lowest BCUT2D eigenvalue weighted by atomic mass is 9.87. The van der Waals surface area contributed by atoms with Gasteiger partial charge in [0.25, 0.3) is 0 Å². The van der Waals surface area contributed by atoms with Gasteiger partial charge in [-0.25, -0.2) is 0 Å². The average molecular weight is 387 g/mol. The van der Waals surface area contributed by atoms with Crippen LogP contribution >= 0.6 is 0 Å². The summed E-state index contributed by atoms with van der Waals surface area (Å²) < 4.78 is 12.9. The van der Waals surface area contributed by atoms with E-state index in [1.165, 1.54) is 76.2 Å². The van der Waals surface area contributed by atoms with E-state index in [2.05, 4.69) is 45.0 Å². The molecule has 2 nitrogen and oxygen atoms in total. The normalized spacial score (nSPS) is 21.6. The van der Waals surface area contributed by atoms with E-state index in [4.69, 9.17) is 9.47 Å². The predicted octanol–water partition coefficient (Wildman–Crippen LogP) is 7.86. The van der Waals surface area contributed by atoms with Gasteiger partial charge in [-0.2, -0.15) is 0 Å². The maximum absolute atomic E-state index is 6.51. The Morgan fingerprint density at radius 3 is 2.04 bits per heavy atom. The van der Waals surface area contributed by atoms with E-state index in [0.717, 1.165) is 24.0 Å². The van der Waals surface area contributed by atoms with Crippen LogP contribution in [0.25, 0.3) is 0 Å². The zero-order valence-electron chi connectivity index (χ0n) is 18.5. The molecular weight excluding hydrogens is 344 g/mol. The Kier molecular flexibility index (Phi) is 8.70. The molecule has 0 radical (unpaired) electrons. The third kappa shape index (κ3) is 7.10. The molecule has 2 fully saturated rings. The van der Waals surface area contributed by atoms with Crippen LogP contribution < -0.4 is 4.74 Å². The van der Waals surface area contributed by atoms with Gasteiger partial charge >= 0.3 is 0 Å². The Bertz CT molecular complexity index is 518. The summed E-state index contributed by atoms with van der Waals surface area (Å²) in [5, 5.41) is 0. The summed E-state index contributed by atoms with van der Waals surface area (Å²) in [5.74, 6) is 3.07. The first-order valence-electron chi connectivity index (χ1n) is 12.0. The summed E-state index contributed by atoms with van der Waals surface area (Å²) in [5.41, 5.74) is 1.41. The van der Waals surface area contributed by atoms with Crippen LogP contribution in [0.15, 0.2) is 24.3 Å². The number of rotatable bonds is 9. The van der Waals surface area contributed by atoms with Crippen LogP contribution in [0.1, 0.15) is 109 Å². The van der Waals surface area contributed by atoms with Gasteiger partial charge in [0.1, 0.15) is 5.75 Å². The lowest BCUT2D eigenvalue weighted by Crippen LogP contribution is -2.31. The summed E-state index contributed by atoms with van der Waals surface area (Å²) in [7, 11) is 0. The fourth-order valence-corrected chi connectivity index (χ4v) is 5.11. The molecule has 1 aromatic carbocycles. The van der Waals surface area contributed by atoms with Gasteiger partial charge in [-0.3, -0.25) is 0 Å². The monoisotopic (exact) mass is 386 g/mol. The minimum atomic E-state index is -0.0786. The van der Waals surface area contributed by atoms with Gasteiger partial charge in [0.05, 0.1) is 6.10 Å². The molecule has 0 aromatic heterocycles. The molecule has 2 saturated carbocycles. The molecule has 28 heavy (non-hydrogen) atoms. The molecule has 0 heterocycles. The van der Waals surface area contributed by atoms with Crippen LogP contribution in [0.2, 0.25) is 0 Å². The molecule has 1 aromatic rings. The second-order valence-corrected chi connectivity index (χ2v) is 9.78. The SMILES string of the molecule is CC(C)CC(C)c1ccc(OC(CC2CCCCC2)OC2CCCCC2)cc1. The van der Waals surface area contributed by atoms with Gasteiger partial charge in [0.15, 0.2) is 6.29 Å². The van der Waals surface area contributed by atoms with Gasteiger partial charge in [-0.05, 0) is 54.7 Å². The number of ether oxygens (including phenoxy) is 2. The minimum absolute atomic E-state index is 0.0786. The van der Waals surface area contributed by atoms with Crippen molar-refractivity contribution in [2.24, 2.45) is 11.8 Å². The zero-order valence-corrected chi connectivity index (χ0v) is 18.5. The molecule has 0 amide bonds. The second kappa shape index (κ2) is 11.2. The lowest BCUT2D eigenvalue weighted by Gasteiger charge is -2.31. The van der Waals surface area contributed by atoms with Crippen LogP contribution in [0.4, 0.5) is 0 Å². The number of benzene rings is 1. The fraction of sp³-hybridized carbons (Fsp3) is 0.769. The molecule has 0 saturated heterocycles. The average Bonchev–Trinajstić information content (AvgIpc) is 2.69. The van der Waals surface area contributed by atoms with Crippen LogP contribution in [-0.4, -0.2) is 12.4 Å². The summed E-state index contributed by atoms with van der Waals surface area (Å²) in [6, 6.07) is 8.82. The Hall–Kier alpha value is -1.02. The summed E-state index contributed by atoms with van der Waals surface area (Å²) >= 11 is 0. The van der Waals surface area contributed by atoms with Crippen molar-refractivity contribution in [2.45, 2.75) is 116 Å². The van der Waals surface area contributed by atoms with E-state index in [0.29, 0.717) is 12.0 Å². The maximum atomic E-state index is 6.51. The molecule has 2 aliphatic carbocycles. The molecule has 2 unspecified atom stereocenters. The topological polar surface area (TPSA) is 18.5 Å². The van der Waals surface area contributed by atoms with Crippen molar-refractivity contribution < 1.29 is 9.47 Å². The molecule has 2 atom stereocenters. The van der Waals surface area contributed by atoms with Gasteiger partial charge in [0.2, 0.25) is 0 Å². The molecular formula is C26H42O2. The van der Waals surface area contributed by atoms with Crippen molar-refractivity contribution >= 4 is 0 Å². The largest absolute Gasteiger partial charge is 0.465 e. The minimum Gasteiger partial charge on any atom is -0.465 e. The van der Waals surface area contributed by atoms with Gasteiger partial charge in [-0.15, -0.1) is 0 Å². The number of hydrogen-bond acceptors (Lipinski definition) is 2. The molecule has 158 valence electrons. The highest BCUT2D eigenvalue weighted by Crippen LogP contribution is 2.32. The second-order valence-electron chi connectivity index (χ2n) is 9.78. The Morgan fingerprint density at radius 1 is 0.821 bits per heavy atom. The summed E-state index contributed by atoms with van der Waals surface area (Å²) in [6.07, 6.45) is 15.9. The molecule has 0 spiro atoms. The van der Waals surface area contributed by atoms with Crippen molar-refractivity contribution in [1.29, 1.82) is 0 Å². The lowest BCUT2D eigenvalue weighted by molar-refractivity contribution is -0.138. The summed E-state index contributed by atoms with van der Waals surface area (Å²) in [6.45, 7) is 6.92. The first-order valence-corrected chi connectivity index (χ1v) is 12.0. The molecule has 3 rings (SSSR count). The van der Waals surface area contributed by atoms with Crippen LogP contribution in [0.5, 0.6) is 5.75 Å². The van der Waals surface area contributed by atoms with E-state index < -0.39 is 0 Å². The Balaban J connectivity index is 1.60. The first-order chi connectivity index (χ1) is 13.6. The van der Waals surface area contributed by atoms with Crippen molar-refractivity contribution in [3.8, 4) is 5.75 Å². The fourth-order valence-electron chi connectivity index (χ4n) is 5.11. The highest BCUT2D eigenvalue weighted by atomic mass is 16.7. The molecule has 0 aliphatic heterocycles. The van der Waals surface area contributed by atoms with Crippen molar-refractivity contribution in [1.82, 2.24) is 0 Å².